The molecule has 0 spiro atoms. The van der Waals surface area contributed by atoms with Crippen LogP contribution in [0.5, 0.6) is 0 Å². The van der Waals surface area contributed by atoms with Crippen molar-refractivity contribution in [2.24, 2.45) is 0 Å². The van der Waals surface area contributed by atoms with E-state index in [4.69, 9.17) is 27.3 Å². The quantitative estimate of drug-likeness (QED) is 0.265. The van der Waals surface area contributed by atoms with E-state index in [9.17, 15) is 0 Å². The molecule has 0 unspecified atom stereocenters. The van der Waals surface area contributed by atoms with Crippen LogP contribution < -0.4 is 0 Å². The molecule has 0 aliphatic heterocycles. The molecule has 0 fully saturated rings. The molecule has 0 aromatic carbocycles. The van der Waals surface area contributed by atoms with E-state index in [2.05, 4.69) is 33.6 Å². The second kappa shape index (κ2) is 25.0. The van der Waals surface area contributed by atoms with Gasteiger partial charge in [0.15, 0.2) is 0 Å². The van der Waals surface area contributed by atoms with E-state index in [1.54, 1.807) is 0 Å². The summed E-state index contributed by atoms with van der Waals surface area (Å²) in [5, 5.41) is 0. The Hall–Kier alpha value is 2.95. The molecule has 0 saturated carbocycles. The second-order valence-electron chi connectivity index (χ2n) is 0.612. The maximum Gasteiger partial charge on any atom is 3.00 e. The standard InChI is InChI=1S/2Au.3H2O2S2/c;;3*1-4(2)3/h;;3*(H2,1,2,3)/q2*+3;;;/p-6. The molecule has 14 heavy (non-hydrogen) atoms. The molecule has 0 aromatic rings. The van der Waals surface area contributed by atoms with Crippen molar-refractivity contribution in [1.82, 2.24) is 0 Å². The Kier molecular flexibility index (Phi) is 53.8. The minimum atomic E-state index is -2.28. The summed E-state index contributed by atoms with van der Waals surface area (Å²) in [4.78, 5) is 0. The van der Waals surface area contributed by atoms with Gasteiger partial charge in [0.1, 0.15) is 0 Å². The molecule has 0 N–H and O–H groups in total. The summed E-state index contributed by atoms with van der Waals surface area (Å²) in [6, 6.07) is 0. The molecule has 14 heteroatoms. The van der Waals surface area contributed by atoms with Gasteiger partial charge < -0.3 is 57.4 Å². The Morgan fingerprint density at radius 3 is 0.500 bits per heavy atom. The van der Waals surface area contributed by atoms with E-state index in [0.29, 0.717) is 0 Å². The Labute approximate surface area is 134 Å². The van der Waals surface area contributed by atoms with Gasteiger partial charge in [-0.15, -0.1) is 0 Å². The summed E-state index contributed by atoms with van der Waals surface area (Å²) in [7, 11) is -6.83. The molecule has 0 aliphatic carbocycles. The van der Waals surface area contributed by atoms with Crippen LogP contribution in [0.3, 0.4) is 0 Å². The summed E-state index contributed by atoms with van der Waals surface area (Å²) >= 11 is 10.6. The Morgan fingerprint density at radius 2 is 0.500 bits per heavy atom. The molecule has 0 radical (unpaired) electrons. The van der Waals surface area contributed by atoms with Gasteiger partial charge >= 0.3 is 44.8 Å². The average molecular weight is 682 g/mol. The van der Waals surface area contributed by atoms with E-state index < -0.39 is 30.0 Å². The largest absolute Gasteiger partial charge is 3.00 e. The van der Waals surface area contributed by atoms with Gasteiger partial charge in [0.05, 0.1) is 0 Å². The predicted molar refractivity (Wildman–Crippen MR) is 48.9 cm³/mol. The third-order valence-electron chi connectivity index (χ3n) is 0. The molecule has 0 aromatic heterocycles. The smallest absolute Gasteiger partial charge is 0.806 e. The fraction of sp³-hybridized carbons (Fsp3) is 0. The van der Waals surface area contributed by atoms with E-state index in [1.807, 2.05) is 0 Å². The normalized spacial score (nSPS) is 7.50. The molecule has 0 aliphatic rings. The summed E-state index contributed by atoms with van der Waals surface area (Å²) in [6.45, 7) is 0. The van der Waals surface area contributed by atoms with Crippen molar-refractivity contribution in [1.29, 1.82) is 0 Å². The first-order valence-electron chi connectivity index (χ1n) is 1.50. The van der Waals surface area contributed by atoms with Gasteiger partial charge in [-0.05, 0) is 0 Å². The van der Waals surface area contributed by atoms with Crippen LogP contribution in [0.15, 0.2) is 0 Å². The van der Waals surface area contributed by atoms with Crippen LogP contribution in [0.2, 0.25) is 0 Å². The van der Waals surface area contributed by atoms with Crippen molar-refractivity contribution in [3.63, 3.8) is 0 Å². The number of hydrogen-bond acceptors (Lipinski definition) is 9. The summed E-state index contributed by atoms with van der Waals surface area (Å²) in [5.74, 6) is 0. The van der Waals surface area contributed by atoms with Gasteiger partial charge in [-0.1, -0.05) is 33.6 Å². The molecule has 0 atom stereocenters. The van der Waals surface area contributed by atoms with Crippen molar-refractivity contribution >= 4 is 63.6 Å². The third-order valence-corrected chi connectivity index (χ3v) is 0. The zero-order chi connectivity index (χ0) is 10.7. The van der Waals surface area contributed by atoms with Gasteiger partial charge in [0, 0.05) is 0 Å². The van der Waals surface area contributed by atoms with Crippen LogP contribution >= 0.6 is 0 Å². The van der Waals surface area contributed by atoms with Gasteiger partial charge in [0.2, 0.25) is 0 Å². The summed E-state index contributed by atoms with van der Waals surface area (Å²) in [6.07, 6.45) is 0. The predicted octanol–water partition coefficient (Wildman–Crippen LogP) is -2.02. The first-order chi connectivity index (χ1) is 5.20. The summed E-state index contributed by atoms with van der Waals surface area (Å²) < 4.78 is 52.9. The third kappa shape index (κ3) is 334. The van der Waals surface area contributed by atoms with Crippen LogP contribution in [0.4, 0.5) is 0 Å². The van der Waals surface area contributed by atoms with Crippen LogP contribution in [0.25, 0.3) is 0 Å². The Morgan fingerprint density at radius 1 is 0.500 bits per heavy atom. The SMILES string of the molecule is [Au+3].[Au+3].[O-]S([O-])=S.[O-]S([O-])=S.[O-]S([O-])=S. The maximum absolute atomic E-state index is 8.81. The van der Waals surface area contributed by atoms with Crippen molar-refractivity contribution in [3.8, 4) is 0 Å². The fourth-order valence-electron chi connectivity index (χ4n) is 0. The minimum Gasteiger partial charge on any atom is -0.806 e. The minimum absolute atomic E-state index is 0. The first-order valence-corrected chi connectivity index (χ1v) is 7.50. The van der Waals surface area contributed by atoms with E-state index in [1.165, 1.54) is 0 Å². The zero-order valence-electron chi connectivity index (χ0n) is 5.50. The van der Waals surface area contributed by atoms with E-state index in [-0.39, 0.29) is 44.8 Å². The van der Waals surface area contributed by atoms with Gasteiger partial charge in [0.25, 0.3) is 0 Å². The molecular weight excluding hydrogens is 682 g/mol. The molecule has 0 rings (SSSR count). The van der Waals surface area contributed by atoms with E-state index >= 15 is 0 Å². The van der Waals surface area contributed by atoms with Gasteiger partial charge in [-0.3, -0.25) is 0 Å². The number of hydrogen-bond donors (Lipinski definition) is 0. The molecule has 0 bridgehead atoms. The Balaban J connectivity index is -0.0000000270. The van der Waals surface area contributed by atoms with Crippen molar-refractivity contribution in [2.75, 3.05) is 0 Å². The van der Waals surface area contributed by atoms with Gasteiger partial charge in [-0.2, -0.15) is 0 Å². The average Bonchev–Trinajstić information content (AvgIpc) is 1.54. The monoisotopic (exact) mass is 682 g/mol. The van der Waals surface area contributed by atoms with Crippen molar-refractivity contribution < 1.29 is 72.1 Å². The molecule has 6 nitrogen and oxygen atoms in total. The summed E-state index contributed by atoms with van der Waals surface area (Å²) in [5.41, 5.74) is 0. The van der Waals surface area contributed by atoms with Crippen LogP contribution in [0.1, 0.15) is 0 Å². The number of rotatable bonds is 0. The molecule has 0 heterocycles. The van der Waals surface area contributed by atoms with Crippen LogP contribution in [-0.4, -0.2) is 27.3 Å². The van der Waals surface area contributed by atoms with Crippen LogP contribution in [0, 0.1) is 0 Å². The van der Waals surface area contributed by atoms with Crippen LogP contribution in [-0.2, 0) is 108 Å². The van der Waals surface area contributed by atoms with E-state index in [0.717, 1.165) is 0 Å². The zero-order valence-corrected chi connectivity index (χ0v) is 14.7. The molecule has 0 saturated heterocycles. The van der Waals surface area contributed by atoms with Crippen molar-refractivity contribution in [3.05, 3.63) is 0 Å². The maximum atomic E-state index is 8.81. The van der Waals surface area contributed by atoms with Gasteiger partial charge in [-0.25, -0.2) is 0 Å². The Bertz CT molecular complexity index is 118. The first kappa shape index (κ1) is 30.2. The van der Waals surface area contributed by atoms with Crippen molar-refractivity contribution in [2.45, 2.75) is 0 Å². The fourth-order valence-corrected chi connectivity index (χ4v) is 0. The topological polar surface area (TPSA) is 138 Å². The second-order valence-corrected chi connectivity index (χ2v) is 4.29. The molecule has 0 amide bonds. The molecular formula is Au2O6S6. The molecule has 94 valence electrons.